The van der Waals surface area contributed by atoms with Gasteiger partial charge in [-0.15, -0.1) is 0 Å². The Morgan fingerprint density at radius 2 is 1.87 bits per heavy atom. The molecule has 0 unspecified atom stereocenters. The molecular formula is C22H25N3O5. The Balaban J connectivity index is 2.14. The van der Waals surface area contributed by atoms with E-state index in [4.69, 9.17) is 9.47 Å². The molecule has 1 atom stereocenters. The minimum absolute atomic E-state index is 0.00433. The molecule has 1 aromatic heterocycles. The zero-order chi connectivity index (χ0) is 21.8. The SMILES string of the molecule is COc1ccc(/C(O)=C2/C(=O)C(=O)N(CCN(C)C)[C@@H]2c2ccccn2)cc1OC. The second kappa shape index (κ2) is 8.96. The number of aliphatic hydroxyl groups excluding tert-OH is 1. The summed E-state index contributed by atoms with van der Waals surface area (Å²) < 4.78 is 10.5. The van der Waals surface area contributed by atoms with Gasteiger partial charge in [-0.1, -0.05) is 6.07 Å². The van der Waals surface area contributed by atoms with Gasteiger partial charge >= 0.3 is 0 Å². The van der Waals surface area contributed by atoms with Crippen molar-refractivity contribution in [3.05, 3.63) is 59.4 Å². The highest BCUT2D eigenvalue weighted by atomic mass is 16.5. The van der Waals surface area contributed by atoms with E-state index < -0.39 is 17.7 Å². The van der Waals surface area contributed by atoms with Crippen LogP contribution in [0.5, 0.6) is 11.5 Å². The van der Waals surface area contributed by atoms with Gasteiger partial charge in [-0.3, -0.25) is 14.6 Å². The van der Waals surface area contributed by atoms with Crippen LogP contribution >= 0.6 is 0 Å². The summed E-state index contributed by atoms with van der Waals surface area (Å²) >= 11 is 0. The second-order valence-electron chi connectivity index (χ2n) is 7.12. The molecule has 1 aliphatic heterocycles. The van der Waals surface area contributed by atoms with Crippen molar-refractivity contribution in [3.8, 4) is 11.5 Å². The van der Waals surface area contributed by atoms with Crippen molar-refractivity contribution in [2.75, 3.05) is 41.4 Å². The van der Waals surface area contributed by atoms with Crippen LogP contribution in [0.25, 0.3) is 5.76 Å². The van der Waals surface area contributed by atoms with E-state index in [1.165, 1.54) is 19.1 Å². The van der Waals surface area contributed by atoms with Gasteiger partial charge in [0.25, 0.3) is 11.7 Å². The standard InChI is InChI=1S/C22H25N3O5/c1-24(2)11-12-25-19(15-7-5-6-10-23-15)18(21(27)22(25)28)20(26)14-8-9-16(29-3)17(13-14)30-4/h5-10,13,19,26H,11-12H2,1-4H3/b20-18-/t19-/m1/s1. The molecule has 158 valence electrons. The fraction of sp³-hybridized carbons (Fsp3) is 0.318. The number of likely N-dealkylation sites (tertiary alicyclic amines) is 1. The highest BCUT2D eigenvalue weighted by Crippen LogP contribution is 2.39. The van der Waals surface area contributed by atoms with Gasteiger partial charge in [-0.25, -0.2) is 0 Å². The molecule has 0 saturated carbocycles. The number of amides is 1. The average molecular weight is 411 g/mol. The van der Waals surface area contributed by atoms with Crippen molar-refractivity contribution in [2.45, 2.75) is 6.04 Å². The van der Waals surface area contributed by atoms with Crippen LogP contribution in [-0.4, -0.2) is 73.0 Å². The number of methoxy groups -OCH3 is 2. The van der Waals surface area contributed by atoms with Gasteiger partial charge in [0.2, 0.25) is 0 Å². The molecule has 1 amide bonds. The molecule has 1 aliphatic rings. The van der Waals surface area contributed by atoms with Crippen LogP contribution in [0.15, 0.2) is 48.2 Å². The van der Waals surface area contributed by atoms with Crippen LogP contribution in [0.2, 0.25) is 0 Å². The Hall–Kier alpha value is -3.39. The van der Waals surface area contributed by atoms with Crippen LogP contribution < -0.4 is 9.47 Å². The van der Waals surface area contributed by atoms with Gasteiger partial charge < -0.3 is 24.4 Å². The van der Waals surface area contributed by atoms with E-state index in [0.29, 0.717) is 35.8 Å². The molecule has 0 radical (unpaired) electrons. The van der Waals surface area contributed by atoms with Crippen LogP contribution in [-0.2, 0) is 9.59 Å². The topological polar surface area (TPSA) is 92.2 Å². The van der Waals surface area contributed by atoms with E-state index in [9.17, 15) is 14.7 Å². The lowest BCUT2D eigenvalue weighted by molar-refractivity contribution is -0.140. The zero-order valence-corrected chi connectivity index (χ0v) is 17.5. The van der Waals surface area contributed by atoms with Gasteiger partial charge in [-0.2, -0.15) is 0 Å². The summed E-state index contributed by atoms with van der Waals surface area (Å²) in [6, 6.07) is 9.30. The molecule has 3 rings (SSSR count). The number of carbonyl (C=O) groups is 2. The van der Waals surface area contributed by atoms with E-state index >= 15 is 0 Å². The number of aliphatic hydroxyl groups is 1. The molecule has 8 heteroatoms. The average Bonchev–Trinajstić information content (AvgIpc) is 3.01. The first-order valence-corrected chi connectivity index (χ1v) is 9.45. The number of ether oxygens (including phenoxy) is 2. The van der Waals surface area contributed by atoms with E-state index in [1.54, 1.807) is 42.6 Å². The van der Waals surface area contributed by atoms with E-state index in [0.717, 1.165) is 0 Å². The summed E-state index contributed by atoms with van der Waals surface area (Å²) in [5.41, 5.74) is 0.862. The summed E-state index contributed by atoms with van der Waals surface area (Å²) in [7, 11) is 6.76. The number of hydrogen-bond donors (Lipinski definition) is 1. The first kappa shape index (κ1) is 21.3. The lowest BCUT2D eigenvalue weighted by atomic mass is 9.98. The molecule has 1 aromatic carbocycles. The fourth-order valence-electron chi connectivity index (χ4n) is 3.40. The summed E-state index contributed by atoms with van der Waals surface area (Å²) in [5.74, 6) is -0.789. The Morgan fingerprint density at radius 3 is 2.47 bits per heavy atom. The monoisotopic (exact) mass is 411 g/mol. The van der Waals surface area contributed by atoms with Crippen molar-refractivity contribution >= 4 is 17.4 Å². The highest BCUT2D eigenvalue weighted by molar-refractivity contribution is 6.46. The maximum absolute atomic E-state index is 12.9. The molecule has 2 aromatic rings. The number of likely N-dealkylation sites (N-methyl/N-ethyl adjacent to an activating group) is 1. The summed E-state index contributed by atoms with van der Waals surface area (Å²) in [6.45, 7) is 0.883. The molecule has 2 heterocycles. The van der Waals surface area contributed by atoms with Crippen molar-refractivity contribution < 1.29 is 24.2 Å². The van der Waals surface area contributed by atoms with E-state index in [-0.39, 0.29) is 11.3 Å². The number of pyridine rings is 1. The first-order valence-electron chi connectivity index (χ1n) is 9.45. The van der Waals surface area contributed by atoms with Gasteiger partial charge in [0.05, 0.1) is 25.5 Å². The summed E-state index contributed by atoms with van der Waals surface area (Å²) in [4.78, 5) is 33.5. The van der Waals surface area contributed by atoms with Crippen LogP contribution in [0.1, 0.15) is 17.3 Å². The summed E-state index contributed by atoms with van der Waals surface area (Å²) in [5, 5.41) is 11.1. The lowest BCUT2D eigenvalue weighted by Gasteiger charge is -2.25. The smallest absolute Gasteiger partial charge is 0.295 e. The third-order valence-electron chi connectivity index (χ3n) is 4.95. The molecule has 0 aliphatic carbocycles. The molecule has 1 N–H and O–H groups in total. The number of Topliss-reactive ketones (excluding diaryl/α,β-unsaturated/α-hetero) is 1. The van der Waals surface area contributed by atoms with Crippen molar-refractivity contribution in [1.29, 1.82) is 0 Å². The van der Waals surface area contributed by atoms with Gasteiger partial charge in [0.15, 0.2) is 11.5 Å². The normalized spacial score (nSPS) is 18.2. The molecule has 1 saturated heterocycles. The number of rotatable bonds is 7. The molecule has 0 bridgehead atoms. The number of benzene rings is 1. The molecule has 1 fully saturated rings. The van der Waals surface area contributed by atoms with E-state index in [1.807, 2.05) is 19.0 Å². The number of carbonyl (C=O) groups excluding carboxylic acids is 2. The van der Waals surface area contributed by atoms with Gasteiger partial charge in [0, 0.05) is 24.8 Å². The van der Waals surface area contributed by atoms with Gasteiger partial charge in [0.1, 0.15) is 11.8 Å². The molecule has 8 nitrogen and oxygen atoms in total. The van der Waals surface area contributed by atoms with Crippen LogP contribution in [0.4, 0.5) is 0 Å². The number of hydrogen-bond acceptors (Lipinski definition) is 7. The number of ketones is 1. The van der Waals surface area contributed by atoms with Crippen molar-refractivity contribution in [3.63, 3.8) is 0 Å². The Morgan fingerprint density at radius 1 is 1.13 bits per heavy atom. The Bertz CT molecular complexity index is 972. The van der Waals surface area contributed by atoms with Crippen LogP contribution in [0.3, 0.4) is 0 Å². The minimum atomic E-state index is -0.778. The predicted octanol–water partition coefficient (Wildman–Crippen LogP) is 2.08. The summed E-state index contributed by atoms with van der Waals surface area (Å²) in [6.07, 6.45) is 1.60. The zero-order valence-electron chi connectivity index (χ0n) is 17.5. The van der Waals surface area contributed by atoms with Crippen molar-refractivity contribution in [1.82, 2.24) is 14.8 Å². The Kier molecular flexibility index (Phi) is 6.37. The first-order chi connectivity index (χ1) is 14.4. The van der Waals surface area contributed by atoms with E-state index in [2.05, 4.69) is 4.98 Å². The lowest BCUT2D eigenvalue weighted by Crippen LogP contribution is -2.35. The fourth-order valence-corrected chi connectivity index (χ4v) is 3.40. The minimum Gasteiger partial charge on any atom is -0.507 e. The van der Waals surface area contributed by atoms with Crippen LogP contribution in [0, 0.1) is 0 Å². The maximum atomic E-state index is 12.9. The third kappa shape index (κ3) is 3.99. The predicted molar refractivity (Wildman–Crippen MR) is 111 cm³/mol. The second-order valence-corrected chi connectivity index (χ2v) is 7.12. The number of aromatic nitrogens is 1. The largest absolute Gasteiger partial charge is 0.507 e. The van der Waals surface area contributed by atoms with Crippen molar-refractivity contribution in [2.24, 2.45) is 0 Å². The third-order valence-corrected chi connectivity index (χ3v) is 4.95. The number of nitrogens with zero attached hydrogens (tertiary/aromatic N) is 3. The maximum Gasteiger partial charge on any atom is 0.295 e. The quantitative estimate of drug-likeness (QED) is 0.424. The molecule has 30 heavy (non-hydrogen) atoms. The Labute approximate surface area is 175 Å². The molecule has 0 spiro atoms. The molecular weight excluding hydrogens is 386 g/mol. The highest BCUT2D eigenvalue weighted by Gasteiger charge is 2.46. The van der Waals surface area contributed by atoms with Gasteiger partial charge in [-0.05, 0) is 44.4 Å².